The normalized spacial score (nSPS) is 10.9. The van der Waals surface area contributed by atoms with Gasteiger partial charge in [0.1, 0.15) is 5.69 Å². The number of nitrogens with zero attached hydrogens (tertiary/aromatic N) is 4. The minimum Gasteiger partial charge on any atom is -0.494 e. The fourth-order valence-electron chi connectivity index (χ4n) is 3.73. The Morgan fingerprint density at radius 2 is 1.83 bits per heavy atom. The van der Waals surface area contributed by atoms with E-state index in [-0.39, 0.29) is 30.4 Å². The van der Waals surface area contributed by atoms with Crippen LogP contribution in [0.4, 0.5) is 4.39 Å². The van der Waals surface area contributed by atoms with Gasteiger partial charge >= 0.3 is 0 Å². The number of carbonyl (C=O) groups excluding carboxylic acids is 1. The Kier molecular flexibility index (Phi) is 7.86. The fraction of sp³-hybridized carbons (Fsp3) is 0.231. The zero-order chi connectivity index (χ0) is 25.5. The molecule has 9 nitrogen and oxygen atoms in total. The first-order valence-electron chi connectivity index (χ1n) is 11.2. The maximum atomic E-state index is 14.4. The van der Waals surface area contributed by atoms with Crippen molar-refractivity contribution >= 4 is 5.91 Å². The molecular formula is C26H26FN5O4. The average Bonchev–Trinajstić information content (AvgIpc) is 3.28. The number of ether oxygens (including phenoxy) is 2. The maximum Gasteiger partial charge on any atom is 0.269 e. The van der Waals surface area contributed by atoms with E-state index in [9.17, 15) is 14.0 Å². The van der Waals surface area contributed by atoms with Crippen LogP contribution in [0.1, 0.15) is 32.7 Å². The van der Waals surface area contributed by atoms with Crippen LogP contribution < -0.4 is 15.6 Å². The lowest BCUT2D eigenvalue weighted by Crippen LogP contribution is -2.24. The molecule has 0 radical (unpaired) electrons. The van der Waals surface area contributed by atoms with Crippen molar-refractivity contribution in [2.75, 3.05) is 14.2 Å². The average molecular weight is 492 g/mol. The van der Waals surface area contributed by atoms with Gasteiger partial charge in [-0.25, -0.2) is 4.39 Å². The van der Waals surface area contributed by atoms with Crippen LogP contribution in [0.3, 0.4) is 0 Å². The standard InChI is InChI=1S/C26H26FN5O4/c1-35-17-22-21(26(34)29-12-20-4-3-5-23(36-2)25(20)27)16-32(30-22)15-19-8-6-18(7-9-19)14-31-11-10-28-13-24(31)33/h3-11,13,16H,12,14-15,17H2,1-2H3,(H,29,34). The van der Waals surface area contributed by atoms with Crippen LogP contribution in [-0.2, 0) is 31.0 Å². The van der Waals surface area contributed by atoms with Gasteiger partial charge in [0.05, 0.1) is 38.6 Å². The smallest absolute Gasteiger partial charge is 0.269 e. The zero-order valence-corrected chi connectivity index (χ0v) is 20.0. The maximum absolute atomic E-state index is 14.4. The first kappa shape index (κ1) is 24.8. The van der Waals surface area contributed by atoms with Crippen molar-refractivity contribution in [3.8, 4) is 5.75 Å². The van der Waals surface area contributed by atoms with E-state index < -0.39 is 5.82 Å². The van der Waals surface area contributed by atoms with Crippen LogP contribution in [0.15, 0.2) is 72.0 Å². The Hall–Kier alpha value is -4.31. The summed E-state index contributed by atoms with van der Waals surface area (Å²) in [5.41, 5.74) is 2.93. The predicted molar refractivity (Wildman–Crippen MR) is 130 cm³/mol. The molecule has 2 aromatic heterocycles. The van der Waals surface area contributed by atoms with Crippen LogP contribution in [-0.4, -0.2) is 39.5 Å². The molecule has 4 aromatic rings. The number of hydrogen-bond acceptors (Lipinski definition) is 6. The molecule has 1 amide bonds. The van der Waals surface area contributed by atoms with E-state index in [1.165, 1.54) is 26.5 Å². The minimum atomic E-state index is -0.509. The first-order valence-corrected chi connectivity index (χ1v) is 11.2. The van der Waals surface area contributed by atoms with Crippen molar-refractivity contribution in [1.29, 1.82) is 0 Å². The highest BCUT2D eigenvalue weighted by molar-refractivity contribution is 5.95. The van der Waals surface area contributed by atoms with Crippen LogP contribution in [0.2, 0.25) is 0 Å². The summed E-state index contributed by atoms with van der Waals surface area (Å²) in [4.78, 5) is 28.6. The molecule has 0 unspecified atom stereocenters. The number of amides is 1. The zero-order valence-electron chi connectivity index (χ0n) is 20.0. The topological polar surface area (TPSA) is 100 Å². The molecule has 36 heavy (non-hydrogen) atoms. The lowest BCUT2D eigenvalue weighted by atomic mass is 10.1. The minimum absolute atomic E-state index is 0.00148. The van der Waals surface area contributed by atoms with E-state index in [1.54, 1.807) is 40.0 Å². The molecule has 2 aromatic carbocycles. The van der Waals surface area contributed by atoms with Crippen molar-refractivity contribution in [3.05, 3.63) is 111 Å². The Bertz CT molecular complexity index is 1400. The lowest BCUT2D eigenvalue weighted by Gasteiger charge is -2.09. The Morgan fingerprint density at radius 1 is 1.08 bits per heavy atom. The van der Waals surface area contributed by atoms with Crippen LogP contribution >= 0.6 is 0 Å². The third kappa shape index (κ3) is 5.84. The fourth-order valence-corrected chi connectivity index (χ4v) is 3.73. The van der Waals surface area contributed by atoms with Crippen LogP contribution in [0.5, 0.6) is 5.75 Å². The van der Waals surface area contributed by atoms with Crippen molar-refractivity contribution < 1.29 is 18.7 Å². The molecule has 0 atom stereocenters. The summed E-state index contributed by atoms with van der Waals surface area (Å²) in [7, 11) is 2.92. The molecule has 0 aliphatic carbocycles. The van der Waals surface area contributed by atoms with E-state index in [0.717, 1.165) is 11.1 Å². The van der Waals surface area contributed by atoms with E-state index in [0.29, 0.717) is 29.9 Å². The summed E-state index contributed by atoms with van der Waals surface area (Å²) in [6.45, 7) is 1.04. The Labute approximate surface area is 207 Å². The number of rotatable bonds is 10. The predicted octanol–water partition coefficient (Wildman–Crippen LogP) is 2.76. The monoisotopic (exact) mass is 491 g/mol. The molecule has 4 rings (SSSR count). The van der Waals surface area contributed by atoms with Gasteiger partial charge in [0, 0.05) is 37.8 Å². The number of methoxy groups -OCH3 is 2. The van der Waals surface area contributed by atoms with Crippen LogP contribution in [0, 0.1) is 5.82 Å². The first-order chi connectivity index (χ1) is 17.5. The molecule has 0 aliphatic heterocycles. The van der Waals surface area contributed by atoms with E-state index in [2.05, 4.69) is 15.4 Å². The summed E-state index contributed by atoms with van der Waals surface area (Å²) in [6.07, 6.45) is 6.15. The highest BCUT2D eigenvalue weighted by Gasteiger charge is 2.18. The second-order valence-electron chi connectivity index (χ2n) is 8.10. The molecule has 0 fully saturated rings. The number of hydrogen-bond donors (Lipinski definition) is 1. The molecule has 0 saturated carbocycles. The van der Waals surface area contributed by atoms with Gasteiger partial charge in [-0.05, 0) is 17.2 Å². The third-order valence-corrected chi connectivity index (χ3v) is 5.59. The summed E-state index contributed by atoms with van der Waals surface area (Å²) in [5, 5.41) is 7.25. The second kappa shape index (κ2) is 11.4. The number of nitrogens with one attached hydrogen (secondary N) is 1. The number of benzene rings is 2. The highest BCUT2D eigenvalue weighted by atomic mass is 19.1. The van der Waals surface area contributed by atoms with Gasteiger partial charge in [-0.1, -0.05) is 36.4 Å². The molecule has 0 saturated heterocycles. The van der Waals surface area contributed by atoms with Gasteiger partial charge in [0.15, 0.2) is 11.6 Å². The number of aromatic nitrogens is 4. The molecule has 2 heterocycles. The van der Waals surface area contributed by atoms with Gasteiger partial charge < -0.3 is 19.4 Å². The van der Waals surface area contributed by atoms with Gasteiger partial charge in [0.2, 0.25) is 0 Å². The third-order valence-electron chi connectivity index (χ3n) is 5.59. The van der Waals surface area contributed by atoms with Gasteiger partial charge in [-0.2, -0.15) is 5.10 Å². The summed E-state index contributed by atoms with van der Waals surface area (Å²) >= 11 is 0. The largest absolute Gasteiger partial charge is 0.494 e. The van der Waals surface area contributed by atoms with Crippen molar-refractivity contribution in [1.82, 2.24) is 24.6 Å². The summed E-state index contributed by atoms with van der Waals surface area (Å²) in [6, 6.07) is 12.6. The Morgan fingerprint density at radius 3 is 2.53 bits per heavy atom. The van der Waals surface area contributed by atoms with Gasteiger partial charge in [-0.3, -0.25) is 19.3 Å². The summed E-state index contributed by atoms with van der Waals surface area (Å²) in [5.74, 6) is -0.771. The molecule has 186 valence electrons. The van der Waals surface area contributed by atoms with Gasteiger partial charge in [0.25, 0.3) is 11.5 Å². The van der Waals surface area contributed by atoms with Gasteiger partial charge in [-0.15, -0.1) is 0 Å². The van der Waals surface area contributed by atoms with Crippen molar-refractivity contribution in [3.63, 3.8) is 0 Å². The molecule has 1 N–H and O–H groups in total. The molecule has 0 aliphatic rings. The van der Waals surface area contributed by atoms with E-state index in [1.807, 2.05) is 24.3 Å². The molecule has 0 bridgehead atoms. The molecular weight excluding hydrogens is 465 g/mol. The molecule has 10 heteroatoms. The van der Waals surface area contributed by atoms with Crippen LogP contribution in [0.25, 0.3) is 0 Å². The SMILES string of the molecule is COCc1nn(Cc2ccc(Cn3ccncc3=O)cc2)cc1C(=O)NCc1cccc(OC)c1F. The second-order valence-corrected chi connectivity index (χ2v) is 8.10. The van der Waals surface area contributed by atoms with E-state index in [4.69, 9.17) is 9.47 Å². The molecule has 0 spiro atoms. The highest BCUT2D eigenvalue weighted by Crippen LogP contribution is 2.20. The lowest BCUT2D eigenvalue weighted by molar-refractivity contribution is 0.0945. The quantitative estimate of drug-likeness (QED) is 0.366. The number of carbonyl (C=O) groups is 1. The van der Waals surface area contributed by atoms with E-state index >= 15 is 0 Å². The summed E-state index contributed by atoms with van der Waals surface area (Å²) < 4.78 is 27.9. The number of halogens is 1. The van der Waals surface area contributed by atoms with Crippen molar-refractivity contribution in [2.24, 2.45) is 0 Å². The van der Waals surface area contributed by atoms with Crippen molar-refractivity contribution in [2.45, 2.75) is 26.2 Å². The Balaban J connectivity index is 1.44.